The number of hydrogen-bond acceptors (Lipinski definition) is 1. The van der Waals surface area contributed by atoms with Gasteiger partial charge in [-0.2, -0.15) is 0 Å². The Morgan fingerprint density at radius 3 is 2.90 bits per heavy atom. The van der Waals surface area contributed by atoms with E-state index in [-0.39, 0.29) is 11.9 Å². The third-order valence-electron chi connectivity index (χ3n) is 4.29. The van der Waals surface area contributed by atoms with Crippen molar-refractivity contribution in [2.24, 2.45) is 0 Å². The molecule has 3 aromatic rings. The van der Waals surface area contributed by atoms with Crippen molar-refractivity contribution in [1.82, 2.24) is 10.3 Å². The largest absolute Gasteiger partial charge is 0.357 e. The van der Waals surface area contributed by atoms with Gasteiger partial charge in [0.05, 0.1) is 6.04 Å². The first kappa shape index (κ1) is 12.6. The van der Waals surface area contributed by atoms with Crippen molar-refractivity contribution in [1.29, 1.82) is 0 Å². The van der Waals surface area contributed by atoms with Crippen LogP contribution in [0.25, 0.3) is 10.9 Å². The Labute approximate surface area is 123 Å². The Kier molecular flexibility index (Phi) is 2.82. The maximum absolute atomic E-state index is 13.5. The highest BCUT2D eigenvalue weighted by Gasteiger charge is 2.25. The van der Waals surface area contributed by atoms with Gasteiger partial charge < -0.3 is 10.3 Å². The summed E-state index contributed by atoms with van der Waals surface area (Å²) in [7, 11) is 0. The molecular weight excluding hydrogens is 263 g/mol. The molecule has 1 aliphatic rings. The van der Waals surface area contributed by atoms with Gasteiger partial charge in [-0.15, -0.1) is 0 Å². The summed E-state index contributed by atoms with van der Waals surface area (Å²) in [6.07, 6.45) is 1.00. The Bertz CT molecular complexity index is 819. The summed E-state index contributed by atoms with van der Waals surface area (Å²) in [5.41, 5.74) is 5.94. The molecule has 2 aromatic carbocycles. The van der Waals surface area contributed by atoms with Gasteiger partial charge in [-0.3, -0.25) is 0 Å². The summed E-state index contributed by atoms with van der Waals surface area (Å²) in [6.45, 7) is 3.03. The molecule has 1 unspecified atom stereocenters. The van der Waals surface area contributed by atoms with Crippen molar-refractivity contribution >= 4 is 10.9 Å². The molecule has 0 saturated heterocycles. The van der Waals surface area contributed by atoms with Gasteiger partial charge in [0.2, 0.25) is 0 Å². The van der Waals surface area contributed by atoms with Crippen molar-refractivity contribution in [2.45, 2.75) is 19.4 Å². The molecular formula is C18H17FN2. The van der Waals surface area contributed by atoms with E-state index in [1.807, 2.05) is 6.07 Å². The maximum Gasteiger partial charge on any atom is 0.123 e. The number of aromatic nitrogens is 1. The van der Waals surface area contributed by atoms with E-state index in [1.165, 1.54) is 28.3 Å². The molecule has 0 fully saturated rings. The van der Waals surface area contributed by atoms with Gasteiger partial charge in [-0.05, 0) is 48.7 Å². The molecule has 1 atom stereocenters. The van der Waals surface area contributed by atoms with Gasteiger partial charge >= 0.3 is 0 Å². The Morgan fingerprint density at radius 2 is 2.05 bits per heavy atom. The molecule has 3 heteroatoms. The van der Waals surface area contributed by atoms with Crippen LogP contribution < -0.4 is 5.32 Å². The predicted octanol–water partition coefficient (Wildman–Crippen LogP) is 3.85. The number of fused-ring (bicyclic) bond motifs is 3. The Balaban J connectivity index is 1.90. The lowest BCUT2D eigenvalue weighted by molar-refractivity contribution is 0.553. The van der Waals surface area contributed by atoms with Gasteiger partial charge in [0, 0.05) is 23.1 Å². The van der Waals surface area contributed by atoms with E-state index < -0.39 is 0 Å². The summed E-state index contributed by atoms with van der Waals surface area (Å²) in [6, 6.07) is 13.4. The molecule has 0 saturated carbocycles. The highest BCUT2D eigenvalue weighted by molar-refractivity contribution is 5.86. The average molecular weight is 280 g/mol. The minimum atomic E-state index is -0.187. The van der Waals surface area contributed by atoms with Crippen molar-refractivity contribution in [2.75, 3.05) is 6.54 Å². The van der Waals surface area contributed by atoms with E-state index in [4.69, 9.17) is 0 Å². The van der Waals surface area contributed by atoms with Crippen LogP contribution in [0.4, 0.5) is 4.39 Å². The van der Waals surface area contributed by atoms with Crippen molar-refractivity contribution in [3.05, 3.63) is 70.7 Å². The summed E-state index contributed by atoms with van der Waals surface area (Å²) in [5.74, 6) is -0.187. The number of halogens is 1. The lowest BCUT2D eigenvalue weighted by Gasteiger charge is -2.24. The number of benzene rings is 2. The van der Waals surface area contributed by atoms with Crippen LogP contribution in [0.15, 0.2) is 42.5 Å². The minimum absolute atomic E-state index is 0.0390. The highest BCUT2D eigenvalue weighted by Crippen LogP contribution is 2.33. The standard InChI is InChI=1S/C18H17FN2/c1-11-5-6-16-15(9-11)14-7-8-20-17(18(14)21-16)12-3-2-4-13(19)10-12/h2-6,9-10,17,20-21H,7-8H2,1H3. The zero-order valence-corrected chi connectivity index (χ0v) is 11.9. The maximum atomic E-state index is 13.5. The van der Waals surface area contributed by atoms with E-state index in [1.54, 1.807) is 12.1 Å². The van der Waals surface area contributed by atoms with Crippen LogP contribution >= 0.6 is 0 Å². The SMILES string of the molecule is Cc1ccc2[nH]c3c(c2c1)CCNC3c1cccc(F)c1. The second-order valence-corrected chi connectivity index (χ2v) is 5.76. The smallest absolute Gasteiger partial charge is 0.123 e. The first-order chi connectivity index (χ1) is 10.2. The minimum Gasteiger partial charge on any atom is -0.357 e. The van der Waals surface area contributed by atoms with Crippen LogP contribution in [0.2, 0.25) is 0 Å². The van der Waals surface area contributed by atoms with Crippen LogP contribution in [0.1, 0.15) is 28.4 Å². The molecule has 0 bridgehead atoms. The van der Waals surface area contributed by atoms with Gasteiger partial charge in [0.15, 0.2) is 0 Å². The number of rotatable bonds is 1. The van der Waals surface area contributed by atoms with Gasteiger partial charge in [-0.1, -0.05) is 23.8 Å². The van der Waals surface area contributed by atoms with E-state index in [9.17, 15) is 4.39 Å². The predicted molar refractivity (Wildman–Crippen MR) is 83.0 cm³/mol. The van der Waals surface area contributed by atoms with Crippen molar-refractivity contribution < 1.29 is 4.39 Å². The molecule has 1 aromatic heterocycles. The molecule has 1 aliphatic heterocycles. The molecule has 4 rings (SSSR count). The number of H-pyrrole nitrogens is 1. The fourth-order valence-corrected chi connectivity index (χ4v) is 3.31. The number of nitrogens with one attached hydrogen (secondary N) is 2. The third kappa shape index (κ3) is 2.05. The Morgan fingerprint density at radius 1 is 1.14 bits per heavy atom. The van der Waals surface area contributed by atoms with E-state index in [0.29, 0.717) is 0 Å². The molecule has 106 valence electrons. The lowest BCUT2D eigenvalue weighted by Crippen LogP contribution is -2.30. The Hall–Kier alpha value is -2.13. The average Bonchev–Trinajstić information content (AvgIpc) is 2.85. The normalized spacial score (nSPS) is 17.9. The van der Waals surface area contributed by atoms with Gasteiger partial charge in [-0.25, -0.2) is 4.39 Å². The lowest BCUT2D eigenvalue weighted by atomic mass is 9.94. The van der Waals surface area contributed by atoms with Crippen LogP contribution in [-0.4, -0.2) is 11.5 Å². The van der Waals surface area contributed by atoms with E-state index in [0.717, 1.165) is 24.0 Å². The van der Waals surface area contributed by atoms with Crippen LogP contribution in [-0.2, 0) is 6.42 Å². The number of hydrogen-bond donors (Lipinski definition) is 2. The number of aromatic amines is 1. The summed E-state index contributed by atoms with van der Waals surface area (Å²) in [5, 5.41) is 4.80. The van der Waals surface area contributed by atoms with Crippen molar-refractivity contribution in [3.63, 3.8) is 0 Å². The van der Waals surface area contributed by atoms with E-state index >= 15 is 0 Å². The quantitative estimate of drug-likeness (QED) is 0.696. The second-order valence-electron chi connectivity index (χ2n) is 5.76. The molecule has 2 nitrogen and oxygen atoms in total. The molecule has 0 amide bonds. The highest BCUT2D eigenvalue weighted by atomic mass is 19.1. The molecule has 0 spiro atoms. The summed E-state index contributed by atoms with van der Waals surface area (Å²) in [4.78, 5) is 3.53. The van der Waals surface area contributed by atoms with Crippen LogP contribution in [0.3, 0.4) is 0 Å². The van der Waals surface area contributed by atoms with Crippen molar-refractivity contribution in [3.8, 4) is 0 Å². The van der Waals surface area contributed by atoms with Gasteiger partial charge in [0.1, 0.15) is 5.82 Å². The van der Waals surface area contributed by atoms with Crippen LogP contribution in [0, 0.1) is 12.7 Å². The molecule has 2 heterocycles. The monoisotopic (exact) mass is 280 g/mol. The second kappa shape index (κ2) is 4.71. The summed E-state index contributed by atoms with van der Waals surface area (Å²) >= 11 is 0. The zero-order valence-electron chi connectivity index (χ0n) is 11.9. The number of aryl methyl sites for hydroxylation is 1. The fourth-order valence-electron chi connectivity index (χ4n) is 3.31. The fraction of sp³-hybridized carbons (Fsp3) is 0.222. The molecule has 21 heavy (non-hydrogen) atoms. The molecule has 0 radical (unpaired) electrons. The van der Waals surface area contributed by atoms with Crippen LogP contribution in [0.5, 0.6) is 0 Å². The first-order valence-electron chi connectivity index (χ1n) is 7.32. The first-order valence-corrected chi connectivity index (χ1v) is 7.32. The molecule has 2 N–H and O–H groups in total. The van der Waals surface area contributed by atoms with E-state index in [2.05, 4.69) is 35.4 Å². The molecule has 0 aliphatic carbocycles. The topological polar surface area (TPSA) is 27.8 Å². The van der Waals surface area contributed by atoms with Gasteiger partial charge in [0.25, 0.3) is 0 Å². The zero-order chi connectivity index (χ0) is 14.4. The summed E-state index contributed by atoms with van der Waals surface area (Å²) < 4.78 is 13.5. The third-order valence-corrected chi connectivity index (χ3v) is 4.29.